The van der Waals surface area contributed by atoms with Gasteiger partial charge in [-0.25, -0.2) is 9.18 Å². The largest absolute Gasteiger partial charge is 0.464 e. The third-order valence-corrected chi connectivity index (χ3v) is 3.34. The molecule has 21 heavy (non-hydrogen) atoms. The number of carboxylic acid groups (broad SMARTS) is 1. The van der Waals surface area contributed by atoms with Crippen LogP contribution in [0, 0.1) is 5.82 Å². The molecule has 2 aromatic rings. The highest BCUT2D eigenvalue weighted by atomic mass is 35.5. The lowest BCUT2D eigenvalue weighted by molar-refractivity contribution is 0.148. The van der Waals surface area contributed by atoms with Gasteiger partial charge in [0.2, 0.25) is 0 Å². The van der Waals surface area contributed by atoms with E-state index in [4.69, 9.17) is 16.7 Å². The molecule has 108 valence electrons. The molecule has 6 nitrogen and oxygen atoms in total. The Kier molecular flexibility index (Phi) is 3.34. The Morgan fingerprint density at radius 1 is 1.38 bits per heavy atom. The molecule has 0 saturated carbocycles. The molecule has 8 heteroatoms. The number of aromatic nitrogens is 2. The van der Waals surface area contributed by atoms with Crippen LogP contribution in [-0.4, -0.2) is 38.2 Å². The summed E-state index contributed by atoms with van der Waals surface area (Å²) in [5.74, 6) is -0.369. The Bertz CT molecular complexity index is 713. The van der Waals surface area contributed by atoms with E-state index in [0.29, 0.717) is 16.3 Å². The Labute approximate surface area is 124 Å². The van der Waals surface area contributed by atoms with Crippen LogP contribution < -0.4 is 0 Å². The smallest absolute Gasteiger partial charge is 0.428 e. The van der Waals surface area contributed by atoms with Gasteiger partial charge in [0.1, 0.15) is 11.9 Å². The average Bonchev–Trinajstić information content (AvgIpc) is 3.05. The highest BCUT2D eigenvalue weighted by Gasteiger charge is 2.32. The quantitative estimate of drug-likeness (QED) is 0.927. The van der Waals surface area contributed by atoms with Crippen LogP contribution in [0.5, 0.6) is 0 Å². The molecular weight excluding hydrogens is 299 g/mol. The molecule has 1 N–H and O–H groups in total. The molecule has 1 aromatic carbocycles. The van der Waals surface area contributed by atoms with Crippen molar-refractivity contribution in [3.8, 4) is 0 Å². The van der Waals surface area contributed by atoms with Gasteiger partial charge >= 0.3 is 6.09 Å². The summed E-state index contributed by atoms with van der Waals surface area (Å²) in [5, 5.41) is 18.6. The summed E-state index contributed by atoms with van der Waals surface area (Å²) in [5.41, 5.74) is 1.13. The summed E-state index contributed by atoms with van der Waals surface area (Å²) in [6.45, 7) is 0.125. The molecule has 1 aromatic heterocycles. The van der Waals surface area contributed by atoms with Crippen molar-refractivity contribution < 1.29 is 14.3 Å². The van der Waals surface area contributed by atoms with E-state index in [1.165, 1.54) is 18.3 Å². The monoisotopic (exact) mass is 308 g/mol. The molecule has 0 aliphatic carbocycles. The van der Waals surface area contributed by atoms with Crippen LogP contribution in [0.15, 0.2) is 41.8 Å². The molecule has 0 bridgehead atoms. The molecule has 1 aliphatic rings. The first-order valence-corrected chi connectivity index (χ1v) is 6.47. The summed E-state index contributed by atoms with van der Waals surface area (Å²) >= 11 is 5.85. The van der Waals surface area contributed by atoms with Crippen LogP contribution in [0.3, 0.4) is 0 Å². The van der Waals surface area contributed by atoms with E-state index in [9.17, 15) is 9.18 Å². The fourth-order valence-electron chi connectivity index (χ4n) is 2.17. The molecule has 3 rings (SSSR count). The minimum absolute atomic E-state index is 0.125. The minimum atomic E-state index is -1.16. The SMILES string of the molecule is O=C(O)N1CC(n2cc(Cl)cn2)C(c2ccc(F)cc2)=N1. The summed E-state index contributed by atoms with van der Waals surface area (Å²) in [7, 11) is 0. The van der Waals surface area contributed by atoms with E-state index < -0.39 is 12.1 Å². The number of rotatable bonds is 2. The van der Waals surface area contributed by atoms with Crippen LogP contribution in [0.1, 0.15) is 11.6 Å². The lowest BCUT2D eigenvalue weighted by Crippen LogP contribution is -2.27. The topological polar surface area (TPSA) is 70.7 Å². The van der Waals surface area contributed by atoms with E-state index >= 15 is 0 Å². The van der Waals surface area contributed by atoms with E-state index in [1.807, 2.05) is 0 Å². The maximum Gasteiger partial charge on any atom is 0.428 e. The molecule has 1 unspecified atom stereocenters. The number of carbonyl (C=O) groups is 1. The zero-order valence-corrected chi connectivity index (χ0v) is 11.4. The normalized spacial score (nSPS) is 17.9. The number of amides is 1. The molecule has 0 fully saturated rings. The van der Waals surface area contributed by atoms with Gasteiger partial charge in [-0.3, -0.25) is 4.68 Å². The number of hydrogen-bond donors (Lipinski definition) is 1. The number of halogens is 2. The van der Waals surface area contributed by atoms with Gasteiger partial charge in [-0.1, -0.05) is 23.7 Å². The predicted octanol–water partition coefficient (Wildman–Crippen LogP) is 2.61. The number of hydrogen-bond acceptors (Lipinski definition) is 3. The van der Waals surface area contributed by atoms with Crippen molar-refractivity contribution >= 4 is 23.4 Å². The molecular formula is C13H10ClFN4O2. The van der Waals surface area contributed by atoms with Crippen molar-refractivity contribution in [1.82, 2.24) is 14.8 Å². The van der Waals surface area contributed by atoms with Crippen LogP contribution in [0.4, 0.5) is 9.18 Å². The first-order valence-electron chi connectivity index (χ1n) is 6.09. The van der Waals surface area contributed by atoms with Crippen LogP contribution >= 0.6 is 11.6 Å². The zero-order valence-electron chi connectivity index (χ0n) is 10.6. The molecule has 0 radical (unpaired) electrons. The van der Waals surface area contributed by atoms with E-state index in [0.717, 1.165) is 5.01 Å². The van der Waals surface area contributed by atoms with Gasteiger partial charge in [-0.2, -0.15) is 15.2 Å². The highest BCUT2D eigenvalue weighted by Crippen LogP contribution is 2.25. The Morgan fingerprint density at radius 2 is 2.10 bits per heavy atom. The number of nitrogens with zero attached hydrogens (tertiary/aromatic N) is 4. The fraction of sp³-hybridized carbons (Fsp3) is 0.154. The predicted molar refractivity (Wildman–Crippen MR) is 73.9 cm³/mol. The Hall–Kier alpha value is -2.41. The van der Waals surface area contributed by atoms with Gasteiger partial charge in [0, 0.05) is 11.8 Å². The average molecular weight is 309 g/mol. The van der Waals surface area contributed by atoms with Gasteiger partial charge in [-0.05, 0) is 12.1 Å². The zero-order chi connectivity index (χ0) is 15.0. The van der Waals surface area contributed by atoms with Gasteiger partial charge < -0.3 is 5.11 Å². The second kappa shape index (κ2) is 5.17. The maximum absolute atomic E-state index is 13.0. The van der Waals surface area contributed by atoms with Crippen molar-refractivity contribution in [3.05, 3.63) is 53.1 Å². The van der Waals surface area contributed by atoms with Gasteiger partial charge in [-0.15, -0.1) is 0 Å². The van der Waals surface area contributed by atoms with E-state index in [2.05, 4.69) is 10.2 Å². The summed E-state index contributed by atoms with van der Waals surface area (Å²) in [4.78, 5) is 11.1. The molecule has 1 atom stereocenters. The van der Waals surface area contributed by atoms with Crippen molar-refractivity contribution in [2.24, 2.45) is 5.10 Å². The third kappa shape index (κ3) is 2.59. The first-order chi connectivity index (χ1) is 10.0. The van der Waals surface area contributed by atoms with Gasteiger partial charge in [0.15, 0.2) is 0 Å². The fourth-order valence-corrected chi connectivity index (χ4v) is 2.32. The molecule has 0 saturated heterocycles. The summed E-state index contributed by atoms with van der Waals surface area (Å²) < 4.78 is 14.6. The lowest BCUT2D eigenvalue weighted by Gasteiger charge is -2.13. The van der Waals surface area contributed by atoms with Crippen LogP contribution in [0.2, 0.25) is 5.02 Å². The van der Waals surface area contributed by atoms with Crippen LogP contribution in [-0.2, 0) is 0 Å². The Morgan fingerprint density at radius 3 is 2.67 bits per heavy atom. The second-order valence-corrected chi connectivity index (χ2v) is 4.95. The third-order valence-electron chi connectivity index (χ3n) is 3.14. The van der Waals surface area contributed by atoms with Crippen LogP contribution in [0.25, 0.3) is 0 Å². The van der Waals surface area contributed by atoms with Gasteiger partial charge in [0.05, 0.1) is 23.5 Å². The first kappa shape index (κ1) is 13.6. The standard InChI is InChI=1S/C13H10ClFN4O2/c14-9-5-16-18(6-9)11-7-19(13(20)21)17-12(11)8-1-3-10(15)4-2-8/h1-6,11H,7H2,(H,20,21). The van der Waals surface area contributed by atoms with Gasteiger partial charge in [0.25, 0.3) is 0 Å². The summed E-state index contributed by atoms with van der Waals surface area (Å²) in [6, 6.07) is 5.30. The van der Waals surface area contributed by atoms with Crippen molar-refractivity contribution in [3.63, 3.8) is 0 Å². The lowest BCUT2D eigenvalue weighted by atomic mass is 10.0. The maximum atomic E-state index is 13.0. The van der Waals surface area contributed by atoms with Crippen molar-refractivity contribution in [1.29, 1.82) is 0 Å². The highest BCUT2D eigenvalue weighted by molar-refractivity contribution is 6.30. The van der Waals surface area contributed by atoms with E-state index in [1.54, 1.807) is 23.0 Å². The van der Waals surface area contributed by atoms with Crippen molar-refractivity contribution in [2.75, 3.05) is 6.54 Å². The molecule has 1 amide bonds. The van der Waals surface area contributed by atoms with E-state index in [-0.39, 0.29) is 12.4 Å². The second-order valence-electron chi connectivity index (χ2n) is 4.51. The number of hydrazone groups is 1. The summed E-state index contributed by atoms with van der Waals surface area (Å²) in [6.07, 6.45) is 1.90. The minimum Gasteiger partial charge on any atom is -0.464 e. The Balaban J connectivity index is 2.01. The molecule has 2 heterocycles. The molecule has 1 aliphatic heterocycles. The van der Waals surface area contributed by atoms with Crippen molar-refractivity contribution in [2.45, 2.75) is 6.04 Å². The number of benzene rings is 1. The molecule has 0 spiro atoms.